The van der Waals surface area contributed by atoms with Crippen molar-refractivity contribution in [1.29, 1.82) is 5.26 Å². The van der Waals surface area contributed by atoms with Crippen LogP contribution in [0.25, 0.3) is 5.82 Å². The zero-order valence-corrected chi connectivity index (χ0v) is 8.97. The summed E-state index contributed by atoms with van der Waals surface area (Å²) in [6, 6.07) is 5.19. The van der Waals surface area contributed by atoms with Crippen molar-refractivity contribution in [2.24, 2.45) is 0 Å². The summed E-state index contributed by atoms with van der Waals surface area (Å²) >= 11 is 0. The minimum atomic E-state index is 0.0556. The highest BCUT2D eigenvalue weighted by Crippen LogP contribution is 2.22. The minimum Gasteiger partial charge on any atom is -0.493 e. The maximum Gasteiger partial charge on any atom is 0.218 e. The van der Waals surface area contributed by atoms with E-state index in [9.17, 15) is 5.11 Å². The average Bonchev–Trinajstić information content (AvgIpc) is 2.57. The maximum absolute atomic E-state index is 9.81. The van der Waals surface area contributed by atoms with Crippen molar-refractivity contribution < 1.29 is 5.11 Å². The monoisotopic (exact) mass is 214 g/mol. The van der Waals surface area contributed by atoms with Crippen molar-refractivity contribution >= 4 is 0 Å². The van der Waals surface area contributed by atoms with Gasteiger partial charge in [0.2, 0.25) is 5.88 Å². The number of nitrogens with zero attached hydrogens (tertiary/aromatic N) is 4. The molecule has 2 aromatic rings. The number of pyridine rings is 1. The summed E-state index contributed by atoms with van der Waals surface area (Å²) in [5, 5.41) is 22.7. The van der Waals surface area contributed by atoms with Gasteiger partial charge in [0, 0.05) is 17.8 Å². The Hall–Kier alpha value is -2.35. The van der Waals surface area contributed by atoms with E-state index < -0.39 is 0 Å². The average molecular weight is 214 g/mol. The van der Waals surface area contributed by atoms with Gasteiger partial charge in [-0.2, -0.15) is 15.0 Å². The SMILES string of the molecule is Cc1nn(-c2cc(C#N)ccn2)c(O)c1C. The lowest BCUT2D eigenvalue weighted by Crippen LogP contribution is -1.99. The van der Waals surface area contributed by atoms with Crippen LogP contribution >= 0.6 is 0 Å². The molecule has 0 bridgehead atoms. The summed E-state index contributed by atoms with van der Waals surface area (Å²) in [4.78, 5) is 4.06. The van der Waals surface area contributed by atoms with Crippen LogP contribution in [0.5, 0.6) is 5.88 Å². The molecule has 1 N–H and O–H groups in total. The largest absolute Gasteiger partial charge is 0.493 e. The summed E-state index contributed by atoms with van der Waals surface area (Å²) < 4.78 is 1.32. The van der Waals surface area contributed by atoms with Crippen LogP contribution in [0.15, 0.2) is 18.3 Å². The Kier molecular flexibility index (Phi) is 2.33. The van der Waals surface area contributed by atoms with E-state index >= 15 is 0 Å². The standard InChI is InChI=1S/C11H10N4O/c1-7-8(2)14-15(11(7)16)10-5-9(6-12)3-4-13-10/h3-5,16H,1-2H3. The number of rotatable bonds is 1. The van der Waals surface area contributed by atoms with Crippen LogP contribution in [0.2, 0.25) is 0 Å². The third-order valence-corrected chi connectivity index (χ3v) is 2.42. The van der Waals surface area contributed by atoms with Crippen molar-refractivity contribution in [1.82, 2.24) is 14.8 Å². The van der Waals surface area contributed by atoms with Crippen LogP contribution < -0.4 is 0 Å². The van der Waals surface area contributed by atoms with E-state index in [2.05, 4.69) is 10.1 Å². The van der Waals surface area contributed by atoms with Crippen LogP contribution in [0, 0.1) is 25.2 Å². The van der Waals surface area contributed by atoms with Gasteiger partial charge in [0.1, 0.15) is 0 Å². The summed E-state index contributed by atoms with van der Waals surface area (Å²) in [5.41, 5.74) is 1.93. The molecule has 0 saturated heterocycles. The van der Waals surface area contributed by atoms with Gasteiger partial charge >= 0.3 is 0 Å². The summed E-state index contributed by atoms with van der Waals surface area (Å²) in [6.45, 7) is 3.59. The number of aromatic hydroxyl groups is 1. The number of aryl methyl sites for hydroxylation is 1. The van der Waals surface area contributed by atoms with Gasteiger partial charge in [-0.25, -0.2) is 4.98 Å². The smallest absolute Gasteiger partial charge is 0.218 e. The van der Waals surface area contributed by atoms with Crippen LogP contribution in [0.4, 0.5) is 0 Å². The lowest BCUT2D eigenvalue weighted by molar-refractivity contribution is 0.428. The molecule has 0 aliphatic heterocycles. The van der Waals surface area contributed by atoms with Crippen molar-refractivity contribution in [2.75, 3.05) is 0 Å². The number of hydrogen-bond acceptors (Lipinski definition) is 4. The molecular formula is C11H10N4O. The number of hydrogen-bond donors (Lipinski definition) is 1. The first-order chi connectivity index (χ1) is 7.63. The molecule has 2 heterocycles. The molecule has 0 unspecified atom stereocenters. The molecule has 2 aromatic heterocycles. The molecule has 5 nitrogen and oxygen atoms in total. The highest BCUT2D eigenvalue weighted by Gasteiger charge is 2.12. The van der Waals surface area contributed by atoms with E-state index in [1.54, 1.807) is 26.0 Å². The second kappa shape index (κ2) is 3.66. The maximum atomic E-state index is 9.81. The zero-order valence-electron chi connectivity index (χ0n) is 8.97. The fourth-order valence-corrected chi connectivity index (χ4v) is 1.36. The minimum absolute atomic E-state index is 0.0556. The zero-order chi connectivity index (χ0) is 11.7. The van der Waals surface area contributed by atoms with E-state index in [4.69, 9.17) is 5.26 Å². The van der Waals surface area contributed by atoms with Crippen molar-refractivity contribution in [3.8, 4) is 17.8 Å². The number of aromatic nitrogens is 3. The van der Waals surface area contributed by atoms with Crippen LogP contribution in [0.1, 0.15) is 16.8 Å². The van der Waals surface area contributed by atoms with E-state index in [0.717, 1.165) is 5.69 Å². The molecule has 0 radical (unpaired) electrons. The highest BCUT2D eigenvalue weighted by molar-refractivity contribution is 5.40. The lowest BCUT2D eigenvalue weighted by Gasteiger charge is -2.01. The van der Waals surface area contributed by atoms with Crippen LogP contribution in [-0.4, -0.2) is 19.9 Å². The molecule has 0 saturated carbocycles. The quantitative estimate of drug-likeness (QED) is 0.779. The van der Waals surface area contributed by atoms with E-state index in [1.165, 1.54) is 10.9 Å². The fraction of sp³-hybridized carbons (Fsp3) is 0.182. The first-order valence-corrected chi connectivity index (χ1v) is 4.75. The predicted octanol–water partition coefficient (Wildman–Crippen LogP) is 1.46. The van der Waals surface area contributed by atoms with Crippen molar-refractivity contribution in [2.45, 2.75) is 13.8 Å². The van der Waals surface area contributed by atoms with Crippen molar-refractivity contribution in [3.63, 3.8) is 0 Å². The van der Waals surface area contributed by atoms with Gasteiger partial charge < -0.3 is 5.11 Å². The highest BCUT2D eigenvalue weighted by atomic mass is 16.3. The molecule has 0 aliphatic carbocycles. The molecule has 0 amide bonds. The van der Waals surface area contributed by atoms with Gasteiger partial charge in [-0.15, -0.1) is 0 Å². The first-order valence-electron chi connectivity index (χ1n) is 4.75. The number of nitriles is 1. The molecule has 0 aromatic carbocycles. The van der Waals surface area contributed by atoms with Crippen molar-refractivity contribution in [3.05, 3.63) is 35.2 Å². The van der Waals surface area contributed by atoms with E-state index in [1.807, 2.05) is 6.07 Å². The van der Waals surface area contributed by atoms with Gasteiger partial charge in [0.05, 0.1) is 17.3 Å². The van der Waals surface area contributed by atoms with Gasteiger partial charge in [0.25, 0.3) is 0 Å². The fourth-order valence-electron chi connectivity index (χ4n) is 1.36. The molecule has 0 atom stereocenters. The van der Waals surface area contributed by atoms with Gasteiger partial charge in [-0.05, 0) is 19.9 Å². The predicted molar refractivity (Wildman–Crippen MR) is 57.2 cm³/mol. The molecule has 0 spiro atoms. The Labute approximate surface area is 92.6 Å². The molecular weight excluding hydrogens is 204 g/mol. The van der Waals surface area contributed by atoms with Gasteiger partial charge in [-0.3, -0.25) is 0 Å². The first kappa shape index (κ1) is 10.2. The molecule has 0 aliphatic rings. The molecule has 16 heavy (non-hydrogen) atoms. The molecule has 5 heteroatoms. The summed E-state index contributed by atoms with van der Waals surface area (Å²) in [5.74, 6) is 0.493. The Bertz CT molecular complexity index is 580. The summed E-state index contributed by atoms with van der Waals surface area (Å²) in [6.07, 6.45) is 1.51. The Morgan fingerprint density at radius 3 is 2.75 bits per heavy atom. The van der Waals surface area contributed by atoms with E-state index in [-0.39, 0.29) is 5.88 Å². The van der Waals surface area contributed by atoms with Crippen LogP contribution in [-0.2, 0) is 0 Å². The van der Waals surface area contributed by atoms with Gasteiger partial charge in [0.15, 0.2) is 5.82 Å². The second-order valence-corrected chi connectivity index (χ2v) is 3.46. The molecule has 0 fully saturated rings. The molecule has 2 rings (SSSR count). The van der Waals surface area contributed by atoms with E-state index in [0.29, 0.717) is 16.9 Å². The van der Waals surface area contributed by atoms with Gasteiger partial charge in [-0.1, -0.05) is 0 Å². The molecule has 80 valence electrons. The topological polar surface area (TPSA) is 74.7 Å². The lowest BCUT2D eigenvalue weighted by atomic mass is 10.3. The summed E-state index contributed by atoms with van der Waals surface area (Å²) in [7, 11) is 0. The Morgan fingerprint density at radius 1 is 1.44 bits per heavy atom. The Morgan fingerprint density at radius 2 is 2.19 bits per heavy atom. The third-order valence-electron chi connectivity index (χ3n) is 2.42. The normalized spacial score (nSPS) is 10.1. The Balaban J connectivity index is 2.59. The third kappa shape index (κ3) is 1.50. The second-order valence-electron chi connectivity index (χ2n) is 3.46. The van der Waals surface area contributed by atoms with Crippen LogP contribution in [0.3, 0.4) is 0 Å².